The third kappa shape index (κ3) is 3.61. The number of ether oxygens (including phenoxy) is 1. The number of amides is 1. The third-order valence-electron chi connectivity index (χ3n) is 4.43. The van der Waals surface area contributed by atoms with Crippen molar-refractivity contribution in [1.29, 1.82) is 0 Å². The molecule has 0 bridgehead atoms. The second kappa shape index (κ2) is 7.18. The molecule has 132 valence electrons. The fraction of sp³-hybridized carbons (Fsp3) is 0.562. The highest BCUT2D eigenvalue weighted by atomic mass is 32.2. The summed E-state index contributed by atoms with van der Waals surface area (Å²) in [6.45, 7) is 2.99. The molecule has 2 saturated heterocycles. The summed E-state index contributed by atoms with van der Waals surface area (Å²) in [6, 6.07) is 6.19. The van der Waals surface area contributed by atoms with Gasteiger partial charge in [0.1, 0.15) is 0 Å². The summed E-state index contributed by atoms with van der Waals surface area (Å²) in [7, 11) is -3.55. The van der Waals surface area contributed by atoms with E-state index >= 15 is 0 Å². The number of nitrogens with zero attached hydrogens (tertiary/aromatic N) is 2. The van der Waals surface area contributed by atoms with Crippen LogP contribution in [0.15, 0.2) is 29.2 Å². The molecule has 1 aromatic rings. The Morgan fingerprint density at radius 3 is 2.54 bits per heavy atom. The first kappa shape index (κ1) is 17.3. The van der Waals surface area contributed by atoms with Crippen LogP contribution in [0.25, 0.3) is 0 Å². The molecule has 8 heteroatoms. The molecular formula is C16H23N3O4S. The summed E-state index contributed by atoms with van der Waals surface area (Å²) in [5, 5.41) is 0. The summed E-state index contributed by atoms with van der Waals surface area (Å²) in [6.07, 6.45) is 1.49. The van der Waals surface area contributed by atoms with Crippen molar-refractivity contribution < 1.29 is 17.9 Å². The van der Waals surface area contributed by atoms with E-state index in [0.717, 1.165) is 6.42 Å². The average Bonchev–Trinajstić information content (AvgIpc) is 2.84. The molecule has 0 saturated carbocycles. The zero-order valence-corrected chi connectivity index (χ0v) is 14.4. The van der Waals surface area contributed by atoms with Crippen LogP contribution in [0, 0.1) is 0 Å². The van der Waals surface area contributed by atoms with Gasteiger partial charge in [0.25, 0.3) is 5.91 Å². The van der Waals surface area contributed by atoms with E-state index in [1.165, 1.54) is 16.4 Å². The highest BCUT2D eigenvalue weighted by Crippen LogP contribution is 2.19. The van der Waals surface area contributed by atoms with Crippen molar-refractivity contribution in [2.24, 2.45) is 5.73 Å². The predicted molar refractivity (Wildman–Crippen MR) is 89.1 cm³/mol. The van der Waals surface area contributed by atoms with E-state index in [4.69, 9.17) is 10.5 Å². The van der Waals surface area contributed by atoms with Crippen molar-refractivity contribution in [3.05, 3.63) is 29.8 Å². The molecule has 3 rings (SSSR count). The number of sulfonamides is 1. The van der Waals surface area contributed by atoms with Crippen molar-refractivity contribution in [1.82, 2.24) is 9.21 Å². The van der Waals surface area contributed by atoms with Crippen LogP contribution in [0.2, 0.25) is 0 Å². The second-order valence-electron chi connectivity index (χ2n) is 6.19. The number of carbonyl (C=O) groups is 1. The molecule has 2 aliphatic rings. The molecule has 1 atom stereocenters. The quantitative estimate of drug-likeness (QED) is 0.842. The number of likely N-dealkylation sites (tertiary alicyclic amines) is 1. The summed E-state index contributed by atoms with van der Waals surface area (Å²) in [5.74, 6) is -0.102. The van der Waals surface area contributed by atoms with Crippen LogP contribution in [0.3, 0.4) is 0 Å². The van der Waals surface area contributed by atoms with Crippen molar-refractivity contribution >= 4 is 15.9 Å². The molecular weight excluding hydrogens is 330 g/mol. The highest BCUT2D eigenvalue weighted by Gasteiger charge is 2.27. The smallest absolute Gasteiger partial charge is 0.253 e. The highest BCUT2D eigenvalue weighted by molar-refractivity contribution is 7.89. The Hall–Kier alpha value is -1.48. The van der Waals surface area contributed by atoms with Crippen LogP contribution < -0.4 is 5.73 Å². The Balaban J connectivity index is 1.74. The standard InChI is InChI=1S/C16H23N3O4S/c17-14-6-8-18(12-14)16(20)13-2-4-15(5-3-13)24(21,22)19-7-1-10-23-11-9-19/h2-5,14H,1,6-12,17H2/t14-/m0/s1. The van der Waals surface area contributed by atoms with Crippen LogP contribution in [-0.2, 0) is 14.8 Å². The van der Waals surface area contributed by atoms with Gasteiger partial charge in [0, 0.05) is 44.4 Å². The van der Waals surface area contributed by atoms with E-state index in [9.17, 15) is 13.2 Å². The molecule has 2 aliphatic heterocycles. The van der Waals surface area contributed by atoms with Crippen molar-refractivity contribution in [3.63, 3.8) is 0 Å². The maximum absolute atomic E-state index is 12.7. The van der Waals surface area contributed by atoms with E-state index in [1.807, 2.05) is 0 Å². The molecule has 0 spiro atoms. The molecule has 7 nitrogen and oxygen atoms in total. The molecule has 0 aliphatic carbocycles. The summed E-state index contributed by atoms with van der Waals surface area (Å²) >= 11 is 0. The zero-order chi connectivity index (χ0) is 17.2. The lowest BCUT2D eigenvalue weighted by Crippen LogP contribution is -2.33. The summed E-state index contributed by atoms with van der Waals surface area (Å²) < 4.78 is 32.1. The normalized spacial score (nSPS) is 23.2. The molecule has 2 N–H and O–H groups in total. The maximum Gasteiger partial charge on any atom is 0.253 e. The Kier molecular flexibility index (Phi) is 5.19. The Bertz CT molecular complexity index is 682. The Morgan fingerprint density at radius 2 is 1.88 bits per heavy atom. The van der Waals surface area contributed by atoms with Gasteiger partial charge in [0.2, 0.25) is 10.0 Å². The van der Waals surface area contributed by atoms with Crippen molar-refractivity contribution in [3.8, 4) is 0 Å². The van der Waals surface area contributed by atoms with Gasteiger partial charge in [0.15, 0.2) is 0 Å². The van der Waals surface area contributed by atoms with Gasteiger partial charge in [-0.2, -0.15) is 4.31 Å². The van der Waals surface area contributed by atoms with Gasteiger partial charge in [0.05, 0.1) is 11.5 Å². The van der Waals surface area contributed by atoms with Gasteiger partial charge in [-0.3, -0.25) is 4.79 Å². The lowest BCUT2D eigenvalue weighted by Gasteiger charge is -2.20. The molecule has 1 aromatic carbocycles. The number of hydrogen-bond acceptors (Lipinski definition) is 5. The number of carbonyl (C=O) groups excluding carboxylic acids is 1. The van der Waals surface area contributed by atoms with Crippen molar-refractivity contribution in [2.75, 3.05) is 39.4 Å². The van der Waals surface area contributed by atoms with Gasteiger partial charge in [-0.05, 0) is 37.1 Å². The van der Waals surface area contributed by atoms with E-state index in [1.54, 1.807) is 17.0 Å². The molecule has 0 unspecified atom stereocenters. The molecule has 1 amide bonds. The van der Waals surface area contributed by atoms with Gasteiger partial charge in [-0.15, -0.1) is 0 Å². The van der Waals surface area contributed by atoms with Gasteiger partial charge < -0.3 is 15.4 Å². The van der Waals surface area contributed by atoms with Gasteiger partial charge in [-0.1, -0.05) is 0 Å². The van der Waals surface area contributed by atoms with E-state index in [2.05, 4.69) is 0 Å². The lowest BCUT2D eigenvalue weighted by molar-refractivity contribution is 0.0791. The van der Waals surface area contributed by atoms with E-state index in [0.29, 0.717) is 51.4 Å². The fourth-order valence-electron chi connectivity index (χ4n) is 3.04. The predicted octanol–water partition coefficient (Wildman–Crippen LogP) is 0.271. The van der Waals surface area contributed by atoms with Crippen LogP contribution >= 0.6 is 0 Å². The largest absolute Gasteiger partial charge is 0.380 e. The summed E-state index contributed by atoms with van der Waals surface area (Å²) in [5.41, 5.74) is 6.32. The first-order valence-corrected chi connectivity index (χ1v) is 9.65. The van der Waals surface area contributed by atoms with Gasteiger partial charge >= 0.3 is 0 Å². The molecule has 0 radical (unpaired) electrons. The van der Waals surface area contributed by atoms with Crippen LogP contribution in [0.1, 0.15) is 23.2 Å². The topological polar surface area (TPSA) is 92.9 Å². The fourth-order valence-corrected chi connectivity index (χ4v) is 4.50. The average molecular weight is 353 g/mol. The SMILES string of the molecule is N[C@H]1CCN(C(=O)c2ccc(S(=O)(=O)N3CCCOCC3)cc2)C1. The van der Waals surface area contributed by atoms with Gasteiger partial charge in [-0.25, -0.2) is 8.42 Å². The minimum absolute atomic E-state index is 0.0267. The van der Waals surface area contributed by atoms with Crippen LogP contribution in [0.5, 0.6) is 0 Å². The first-order valence-electron chi connectivity index (χ1n) is 8.21. The van der Waals surface area contributed by atoms with Crippen molar-refractivity contribution in [2.45, 2.75) is 23.8 Å². The minimum atomic E-state index is -3.55. The van der Waals surface area contributed by atoms with Crippen LogP contribution in [-0.4, -0.2) is 69.0 Å². The van der Waals surface area contributed by atoms with E-state index in [-0.39, 0.29) is 16.8 Å². The Morgan fingerprint density at radius 1 is 1.12 bits per heavy atom. The molecule has 2 fully saturated rings. The molecule has 0 aromatic heterocycles. The number of benzene rings is 1. The Labute approximate surface area is 142 Å². The number of nitrogens with two attached hydrogens (primary N) is 1. The minimum Gasteiger partial charge on any atom is -0.380 e. The maximum atomic E-state index is 12.7. The zero-order valence-electron chi connectivity index (χ0n) is 13.6. The van der Waals surface area contributed by atoms with Crippen LogP contribution in [0.4, 0.5) is 0 Å². The number of rotatable bonds is 3. The lowest BCUT2D eigenvalue weighted by atomic mass is 10.2. The van der Waals surface area contributed by atoms with E-state index < -0.39 is 10.0 Å². The number of hydrogen-bond donors (Lipinski definition) is 1. The molecule has 2 heterocycles. The summed E-state index contributed by atoms with van der Waals surface area (Å²) in [4.78, 5) is 14.3. The first-order chi connectivity index (χ1) is 11.5. The second-order valence-corrected chi connectivity index (χ2v) is 8.13. The molecule has 24 heavy (non-hydrogen) atoms. The monoisotopic (exact) mass is 353 g/mol. The third-order valence-corrected chi connectivity index (χ3v) is 6.35.